The molecular formula is C17H22N4. The van der Waals surface area contributed by atoms with E-state index in [1.807, 2.05) is 24.8 Å². The van der Waals surface area contributed by atoms with E-state index in [0.717, 1.165) is 26.1 Å². The molecule has 0 atom stereocenters. The van der Waals surface area contributed by atoms with Crippen LogP contribution in [0, 0.1) is 0 Å². The van der Waals surface area contributed by atoms with Crippen LogP contribution >= 0.6 is 0 Å². The fourth-order valence-electron chi connectivity index (χ4n) is 2.87. The van der Waals surface area contributed by atoms with Crippen LogP contribution in [0.5, 0.6) is 0 Å². The molecule has 0 radical (unpaired) electrons. The summed E-state index contributed by atoms with van der Waals surface area (Å²) in [6, 6.07) is 9.01. The minimum Gasteiger partial charge on any atom is -0.371 e. The van der Waals surface area contributed by atoms with Gasteiger partial charge in [-0.05, 0) is 55.6 Å². The molecule has 3 heterocycles. The van der Waals surface area contributed by atoms with Gasteiger partial charge in [-0.3, -0.25) is 9.97 Å². The highest BCUT2D eigenvalue weighted by atomic mass is 15.1. The Morgan fingerprint density at radius 2 is 1.57 bits per heavy atom. The van der Waals surface area contributed by atoms with Gasteiger partial charge >= 0.3 is 0 Å². The maximum Gasteiger partial charge on any atom is 0.0397 e. The summed E-state index contributed by atoms with van der Waals surface area (Å²) >= 11 is 0. The fourth-order valence-corrected chi connectivity index (χ4v) is 2.87. The topological polar surface area (TPSA) is 41.0 Å². The molecule has 4 nitrogen and oxygen atoms in total. The van der Waals surface area contributed by atoms with Crippen molar-refractivity contribution >= 4 is 5.69 Å². The second-order valence-corrected chi connectivity index (χ2v) is 5.53. The Balaban J connectivity index is 1.40. The second kappa shape index (κ2) is 7.18. The lowest BCUT2D eigenvalue weighted by Gasteiger charge is -2.34. The number of nitrogens with one attached hydrogen (secondary N) is 1. The summed E-state index contributed by atoms with van der Waals surface area (Å²) in [4.78, 5) is 10.6. The Morgan fingerprint density at radius 1 is 0.952 bits per heavy atom. The number of piperidine rings is 1. The number of aromatic nitrogens is 2. The van der Waals surface area contributed by atoms with E-state index in [1.165, 1.54) is 24.1 Å². The lowest BCUT2D eigenvalue weighted by Crippen LogP contribution is -2.43. The van der Waals surface area contributed by atoms with Gasteiger partial charge in [0.05, 0.1) is 0 Å². The maximum atomic E-state index is 4.08. The molecule has 21 heavy (non-hydrogen) atoms. The van der Waals surface area contributed by atoms with Crippen molar-refractivity contribution in [1.82, 2.24) is 15.3 Å². The quantitative estimate of drug-likeness (QED) is 0.913. The fraction of sp³-hybridized carbons (Fsp3) is 0.412. The molecule has 1 N–H and O–H groups in total. The van der Waals surface area contributed by atoms with Gasteiger partial charge in [-0.25, -0.2) is 0 Å². The van der Waals surface area contributed by atoms with Crippen LogP contribution in [0.4, 0.5) is 5.69 Å². The standard InChI is InChI=1S/C17H22N4/c1-8-18-9-2-15(1)3-12-20-16-6-13-21(14-7-16)17-4-10-19-11-5-17/h1-2,4-5,8-11,16,20H,3,6-7,12-14H2. The van der Waals surface area contributed by atoms with Crippen LogP contribution in [0.3, 0.4) is 0 Å². The molecular weight excluding hydrogens is 260 g/mol. The summed E-state index contributed by atoms with van der Waals surface area (Å²) < 4.78 is 0. The van der Waals surface area contributed by atoms with E-state index in [1.54, 1.807) is 0 Å². The van der Waals surface area contributed by atoms with Crippen LogP contribution in [0.25, 0.3) is 0 Å². The molecule has 0 amide bonds. The lowest BCUT2D eigenvalue weighted by atomic mass is 10.0. The summed E-state index contributed by atoms with van der Waals surface area (Å²) in [7, 11) is 0. The minimum atomic E-state index is 0.643. The molecule has 1 fully saturated rings. The summed E-state index contributed by atoms with van der Waals surface area (Å²) in [5.74, 6) is 0. The first kappa shape index (κ1) is 14.0. The van der Waals surface area contributed by atoms with Gasteiger partial charge in [0.2, 0.25) is 0 Å². The molecule has 4 heteroatoms. The van der Waals surface area contributed by atoms with Gasteiger partial charge < -0.3 is 10.2 Å². The van der Waals surface area contributed by atoms with E-state index in [-0.39, 0.29) is 0 Å². The average molecular weight is 282 g/mol. The molecule has 1 aliphatic rings. The number of nitrogens with zero attached hydrogens (tertiary/aromatic N) is 3. The van der Waals surface area contributed by atoms with Crippen LogP contribution < -0.4 is 10.2 Å². The molecule has 0 bridgehead atoms. The van der Waals surface area contributed by atoms with E-state index in [0.29, 0.717) is 6.04 Å². The van der Waals surface area contributed by atoms with E-state index in [2.05, 4.69) is 44.5 Å². The lowest BCUT2D eigenvalue weighted by molar-refractivity contribution is 0.417. The molecule has 0 aliphatic carbocycles. The van der Waals surface area contributed by atoms with Gasteiger partial charge in [0.25, 0.3) is 0 Å². The third-order valence-corrected chi connectivity index (χ3v) is 4.12. The first-order valence-electron chi connectivity index (χ1n) is 7.69. The zero-order valence-corrected chi connectivity index (χ0v) is 12.3. The summed E-state index contributed by atoms with van der Waals surface area (Å²) in [6.07, 6.45) is 11.0. The van der Waals surface area contributed by atoms with Crippen molar-refractivity contribution in [2.45, 2.75) is 25.3 Å². The third kappa shape index (κ3) is 4.02. The van der Waals surface area contributed by atoms with E-state index in [9.17, 15) is 0 Å². The predicted molar refractivity (Wildman–Crippen MR) is 85.4 cm³/mol. The van der Waals surface area contributed by atoms with Crippen molar-refractivity contribution in [2.75, 3.05) is 24.5 Å². The van der Waals surface area contributed by atoms with E-state index >= 15 is 0 Å². The van der Waals surface area contributed by atoms with Crippen LogP contribution in [0.1, 0.15) is 18.4 Å². The second-order valence-electron chi connectivity index (χ2n) is 5.53. The molecule has 0 aromatic carbocycles. The molecule has 2 aromatic heterocycles. The van der Waals surface area contributed by atoms with Crippen LogP contribution in [0.15, 0.2) is 49.1 Å². The highest BCUT2D eigenvalue weighted by Crippen LogP contribution is 2.18. The van der Waals surface area contributed by atoms with Crippen molar-refractivity contribution in [3.63, 3.8) is 0 Å². The van der Waals surface area contributed by atoms with Crippen LogP contribution in [0.2, 0.25) is 0 Å². The first-order valence-corrected chi connectivity index (χ1v) is 7.69. The van der Waals surface area contributed by atoms with Crippen LogP contribution in [-0.2, 0) is 6.42 Å². The number of rotatable bonds is 5. The van der Waals surface area contributed by atoms with Crippen molar-refractivity contribution in [1.29, 1.82) is 0 Å². The van der Waals surface area contributed by atoms with Crippen molar-refractivity contribution in [2.24, 2.45) is 0 Å². The van der Waals surface area contributed by atoms with E-state index < -0.39 is 0 Å². The van der Waals surface area contributed by atoms with Gasteiger partial charge in [0.15, 0.2) is 0 Å². The van der Waals surface area contributed by atoms with Crippen molar-refractivity contribution in [3.8, 4) is 0 Å². The number of hydrogen-bond donors (Lipinski definition) is 1. The monoisotopic (exact) mass is 282 g/mol. The Bertz CT molecular complexity index is 518. The Hall–Kier alpha value is -1.94. The van der Waals surface area contributed by atoms with Gasteiger partial charge in [0, 0.05) is 49.6 Å². The summed E-state index contributed by atoms with van der Waals surface area (Å²) in [5.41, 5.74) is 2.65. The van der Waals surface area contributed by atoms with Crippen molar-refractivity contribution < 1.29 is 0 Å². The normalized spacial score (nSPS) is 16.1. The zero-order chi connectivity index (χ0) is 14.3. The SMILES string of the molecule is c1cc(CCNC2CCN(c3ccncc3)CC2)ccn1. The van der Waals surface area contributed by atoms with Gasteiger partial charge in [-0.15, -0.1) is 0 Å². The molecule has 0 saturated carbocycles. The Labute approximate surface area is 126 Å². The molecule has 110 valence electrons. The first-order chi connectivity index (χ1) is 10.4. The number of anilines is 1. The summed E-state index contributed by atoms with van der Waals surface area (Å²) in [6.45, 7) is 3.29. The highest BCUT2D eigenvalue weighted by Gasteiger charge is 2.18. The number of hydrogen-bond acceptors (Lipinski definition) is 4. The minimum absolute atomic E-state index is 0.643. The largest absolute Gasteiger partial charge is 0.371 e. The van der Waals surface area contributed by atoms with Gasteiger partial charge in [-0.2, -0.15) is 0 Å². The van der Waals surface area contributed by atoms with E-state index in [4.69, 9.17) is 0 Å². The Morgan fingerprint density at radius 3 is 2.24 bits per heavy atom. The average Bonchev–Trinajstić information content (AvgIpc) is 2.57. The van der Waals surface area contributed by atoms with Gasteiger partial charge in [0.1, 0.15) is 0 Å². The van der Waals surface area contributed by atoms with Crippen LogP contribution in [-0.4, -0.2) is 35.6 Å². The maximum absolute atomic E-state index is 4.08. The van der Waals surface area contributed by atoms with Crippen molar-refractivity contribution in [3.05, 3.63) is 54.6 Å². The van der Waals surface area contributed by atoms with Gasteiger partial charge in [-0.1, -0.05) is 0 Å². The molecule has 1 saturated heterocycles. The smallest absolute Gasteiger partial charge is 0.0397 e. The molecule has 2 aromatic rings. The summed E-state index contributed by atoms with van der Waals surface area (Å²) in [5, 5.41) is 3.68. The zero-order valence-electron chi connectivity index (χ0n) is 12.3. The molecule has 3 rings (SSSR count). The molecule has 0 spiro atoms. The third-order valence-electron chi connectivity index (χ3n) is 4.12. The highest BCUT2D eigenvalue weighted by molar-refractivity contribution is 5.44. The molecule has 0 unspecified atom stereocenters. The Kier molecular flexibility index (Phi) is 4.79. The number of pyridine rings is 2. The predicted octanol–water partition coefficient (Wildman–Crippen LogP) is 2.28. The molecule has 1 aliphatic heterocycles.